The van der Waals surface area contributed by atoms with Crippen molar-refractivity contribution in [2.45, 2.75) is 0 Å². The molecule has 0 spiro atoms. The first-order valence-corrected chi connectivity index (χ1v) is 5.64. The highest BCUT2D eigenvalue weighted by Gasteiger charge is 2.07. The van der Waals surface area contributed by atoms with Gasteiger partial charge in [-0.25, -0.2) is 14.2 Å². The number of benzene rings is 2. The summed E-state index contributed by atoms with van der Waals surface area (Å²) in [7, 11) is 0. The predicted octanol–water partition coefficient (Wildman–Crippen LogP) is 2.43. The van der Waals surface area contributed by atoms with Crippen LogP contribution in [0.15, 0.2) is 47.6 Å². The van der Waals surface area contributed by atoms with Crippen LogP contribution in [0.25, 0.3) is 0 Å². The Labute approximate surface area is 113 Å². The number of nitrogens with zero attached hydrogens (tertiary/aromatic N) is 1. The van der Waals surface area contributed by atoms with Gasteiger partial charge in [0.1, 0.15) is 17.4 Å². The Balaban J connectivity index is 2.09. The Hall–Kier alpha value is -2.76. The van der Waals surface area contributed by atoms with Crippen molar-refractivity contribution < 1.29 is 18.7 Å². The maximum Gasteiger partial charge on any atom is 0.271 e. The van der Waals surface area contributed by atoms with Crippen LogP contribution in [0.5, 0.6) is 5.75 Å². The van der Waals surface area contributed by atoms with Gasteiger partial charge in [-0.3, -0.25) is 4.79 Å². The molecule has 0 atom stereocenters. The van der Waals surface area contributed by atoms with Crippen molar-refractivity contribution in [1.29, 1.82) is 0 Å². The standard InChI is InChI=1S/C14H10F2N2O2/c15-12-5-2-6-13(16)11(12)8-17-18-14(20)9-3-1-4-10(19)7-9/h1-8,19H,(H,18,20)/b17-8-. The van der Waals surface area contributed by atoms with Gasteiger partial charge in [0.15, 0.2) is 0 Å². The number of phenolic OH excluding ortho intramolecular Hbond substituents is 1. The van der Waals surface area contributed by atoms with Crippen LogP contribution in [0.3, 0.4) is 0 Å². The molecule has 0 radical (unpaired) electrons. The molecule has 2 aromatic carbocycles. The second kappa shape index (κ2) is 5.92. The van der Waals surface area contributed by atoms with Gasteiger partial charge in [-0.15, -0.1) is 0 Å². The van der Waals surface area contributed by atoms with Crippen molar-refractivity contribution in [3.63, 3.8) is 0 Å². The minimum absolute atomic E-state index is 0.0678. The molecule has 0 fully saturated rings. The maximum absolute atomic E-state index is 13.3. The van der Waals surface area contributed by atoms with Gasteiger partial charge in [-0.1, -0.05) is 12.1 Å². The van der Waals surface area contributed by atoms with Gasteiger partial charge in [-0.05, 0) is 30.3 Å². The molecule has 0 saturated heterocycles. The molecule has 2 N–H and O–H groups in total. The van der Waals surface area contributed by atoms with Gasteiger partial charge in [0.25, 0.3) is 5.91 Å². The highest BCUT2D eigenvalue weighted by molar-refractivity contribution is 5.95. The smallest absolute Gasteiger partial charge is 0.271 e. The van der Waals surface area contributed by atoms with Gasteiger partial charge in [0, 0.05) is 5.56 Å². The highest BCUT2D eigenvalue weighted by Crippen LogP contribution is 2.11. The lowest BCUT2D eigenvalue weighted by atomic mass is 10.2. The Morgan fingerprint density at radius 3 is 2.45 bits per heavy atom. The minimum Gasteiger partial charge on any atom is -0.508 e. The van der Waals surface area contributed by atoms with E-state index >= 15 is 0 Å². The van der Waals surface area contributed by atoms with Crippen molar-refractivity contribution in [2.24, 2.45) is 5.10 Å². The Morgan fingerprint density at radius 1 is 1.15 bits per heavy atom. The first-order valence-electron chi connectivity index (χ1n) is 5.64. The molecule has 0 aliphatic rings. The normalized spacial score (nSPS) is 10.7. The summed E-state index contributed by atoms with van der Waals surface area (Å²) in [5, 5.41) is 12.7. The van der Waals surface area contributed by atoms with Crippen LogP contribution < -0.4 is 5.43 Å². The minimum atomic E-state index is -0.777. The quantitative estimate of drug-likeness (QED) is 0.668. The highest BCUT2D eigenvalue weighted by atomic mass is 19.1. The third-order valence-corrected chi connectivity index (χ3v) is 2.47. The monoisotopic (exact) mass is 276 g/mol. The zero-order valence-corrected chi connectivity index (χ0v) is 10.2. The SMILES string of the molecule is O=C(N/N=C\c1c(F)cccc1F)c1cccc(O)c1. The zero-order chi connectivity index (χ0) is 14.5. The predicted molar refractivity (Wildman–Crippen MR) is 69.5 cm³/mol. The largest absolute Gasteiger partial charge is 0.508 e. The molecule has 0 aliphatic carbocycles. The number of halogens is 2. The Bertz CT molecular complexity index is 652. The number of hydrazone groups is 1. The van der Waals surface area contributed by atoms with Crippen molar-refractivity contribution in [3.05, 3.63) is 65.2 Å². The molecule has 6 heteroatoms. The summed E-state index contributed by atoms with van der Waals surface area (Å²) >= 11 is 0. The summed E-state index contributed by atoms with van der Waals surface area (Å²) < 4.78 is 26.5. The third-order valence-electron chi connectivity index (χ3n) is 2.47. The summed E-state index contributed by atoms with van der Waals surface area (Å²) in [6.07, 6.45) is 0.880. The number of phenols is 1. The first kappa shape index (κ1) is 13.7. The number of nitrogens with one attached hydrogen (secondary N) is 1. The van der Waals surface area contributed by atoms with E-state index in [0.29, 0.717) is 0 Å². The second-order valence-electron chi connectivity index (χ2n) is 3.88. The van der Waals surface area contributed by atoms with Gasteiger partial charge < -0.3 is 5.11 Å². The molecule has 4 nitrogen and oxygen atoms in total. The zero-order valence-electron chi connectivity index (χ0n) is 10.2. The number of carbonyl (C=O) groups excluding carboxylic acids is 1. The van der Waals surface area contributed by atoms with Gasteiger partial charge in [0.05, 0.1) is 11.8 Å². The second-order valence-corrected chi connectivity index (χ2v) is 3.88. The van der Waals surface area contributed by atoms with E-state index in [1.54, 1.807) is 0 Å². The average Bonchev–Trinajstić information content (AvgIpc) is 2.42. The molecule has 0 unspecified atom stereocenters. The number of hydrogen-bond acceptors (Lipinski definition) is 3. The fourth-order valence-electron chi connectivity index (χ4n) is 1.50. The maximum atomic E-state index is 13.3. The van der Waals surface area contributed by atoms with Crippen LogP contribution in [0.2, 0.25) is 0 Å². The van der Waals surface area contributed by atoms with E-state index in [1.807, 2.05) is 0 Å². The topological polar surface area (TPSA) is 61.7 Å². The molecule has 2 aromatic rings. The lowest BCUT2D eigenvalue weighted by molar-refractivity contribution is 0.0954. The van der Waals surface area contributed by atoms with Crippen LogP contribution in [-0.4, -0.2) is 17.2 Å². The summed E-state index contributed by atoms with van der Waals surface area (Å²) in [6, 6.07) is 9.01. The van der Waals surface area contributed by atoms with Crippen LogP contribution >= 0.6 is 0 Å². The van der Waals surface area contributed by atoms with Gasteiger partial charge in [-0.2, -0.15) is 5.10 Å². The molecule has 1 amide bonds. The molecule has 0 aromatic heterocycles. The summed E-state index contributed by atoms with van der Waals surface area (Å²) in [4.78, 5) is 11.6. The molecule has 20 heavy (non-hydrogen) atoms. The van der Waals surface area contributed by atoms with Crippen molar-refractivity contribution in [2.75, 3.05) is 0 Å². The van der Waals surface area contributed by atoms with Crippen LogP contribution in [0.1, 0.15) is 15.9 Å². The molecule has 0 saturated carbocycles. The van der Waals surface area contributed by atoms with Crippen molar-refractivity contribution in [1.82, 2.24) is 5.43 Å². The summed E-state index contributed by atoms with van der Waals surface area (Å²) in [5.41, 5.74) is 1.95. The van der Waals surface area contributed by atoms with E-state index in [0.717, 1.165) is 18.3 Å². The van der Waals surface area contributed by atoms with Crippen LogP contribution in [0, 0.1) is 11.6 Å². The fraction of sp³-hybridized carbons (Fsp3) is 0. The average molecular weight is 276 g/mol. The molecule has 2 rings (SSSR count). The Morgan fingerprint density at radius 2 is 1.80 bits per heavy atom. The van der Waals surface area contributed by atoms with E-state index in [2.05, 4.69) is 10.5 Å². The molecule has 0 bridgehead atoms. The van der Waals surface area contributed by atoms with Crippen molar-refractivity contribution in [3.8, 4) is 5.75 Å². The van der Waals surface area contributed by atoms with Gasteiger partial charge >= 0.3 is 0 Å². The number of hydrogen-bond donors (Lipinski definition) is 2. The molecule has 0 aliphatic heterocycles. The number of aromatic hydroxyl groups is 1. The lowest BCUT2D eigenvalue weighted by Crippen LogP contribution is -2.17. The molecular weight excluding hydrogens is 266 g/mol. The fourth-order valence-corrected chi connectivity index (χ4v) is 1.50. The first-order chi connectivity index (χ1) is 9.58. The molecule has 102 valence electrons. The molecule has 0 heterocycles. The number of carbonyl (C=O) groups is 1. The van der Waals surface area contributed by atoms with E-state index in [1.165, 1.54) is 30.3 Å². The van der Waals surface area contributed by atoms with Crippen LogP contribution in [-0.2, 0) is 0 Å². The van der Waals surface area contributed by atoms with E-state index in [-0.39, 0.29) is 16.9 Å². The lowest BCUT2D eigenvalue weighted by Gasteiger charge is -2.01. The number of rotatable bonds is 3. The third kappa shape index (κ3) is 3.17. The van der Waals surface area contributed by atoms with E-state index in [9.17, 15) is 18.7 Å². The van der Waals surface area contributed by atoms with E-state index in [4.69, 9.17) is 0 Å². The van der Waals surface area contributed by atoms with Crippen molar-refractivity contribution >= 4 is 12.1 Å². The van der Waals surface area contributed by atoms with Gasteiger partial charge in [0.2, 0.25) is 0 Å². The number of amides is 1. The summed E-state index contributed by atoms with van der Waals surface area (Å²) in [5.74, 6) is -2.23. The van der Waals surface area contributed by atoms with Crippen LogP contribution in [0.4, 0.5) is 8.78 Å². The summed E-state index contributed by atoms with van der Waals surface area (Å²) in [6.45, 7) is 0. The molecular formula is C14H10F2N2O2. The van der Waals surface area contributed by atoms with E-state index < -0.39 is 17.5 Å². The Kier molecular flexibility index (Phi) is 4.05.